The normalized spacial score (nSPS) is 16.6. The molecular weight excluding hydrogens is 453 g/mol. The number of hydrogen-bond donors (Lipinski definition) is 2. The number of aliphatic imine (C=N–C) groups is 1. The lowest BCUT2D eigenvalue weighted by Gasteiger charge is -2.38. The van der Waals surface area contributed by atoms with Crippen molar-refractivity contribution < 1.29 is 9.47 Å². The third-order valence-electron chi connectivity index (χ3n) is 5.68. The molecule has 0 radical (unpaired) electrons. The van der Waals surface area contributed by atoms with Crippen molar-refractivity contribution in [3.05, 3.63) is 29.8 Å². The fourth-order valence-corrected chi connectivity index (χ4v) is 3.57. The fourth-order valence-electron chi connectivity index (χ4n) is 3.57. The Labute approximate surface area is 181 Å². The molecule has 1 aliphatic rings. The topological polar surface area (TPSA) is 54.9 Å². The van der Waals surface area contributed by atoms with Crippen molar-refractivity contribution in [1.29, 1.82) is 0 Å². The fraction of sp³-hybridized carbons (Fsp3) is 0.667. The van der Waals surface area contributed by atoms with E-state index in [1.807, 2.05) is 19.2 Å². The summed E-state index contributed by atoms with van der Waals surface area (Å²) in [5.74, 6) is 2.47. The SMILES string of the molecule is CCC(CC)CNC(=NC)NCC1(c2ccc(OC)cc2)CCOCC1.I. The van der Waals surface area contributed by atoms with Crippen molar-refractivity contribution in [3.63, 3.8) is 0 Å². The van der Waals surface area contributed by atoms with Crippen LogP contribution in [0.4, 0.5) is 0 Å². The standard InChI is InChI=1S/C21H35N3O2.HI/c1-5-17(6-2)15-23-20(22-3)24-16-21(11-13-26-14-12-21)18-7-9-19(25-4)10-8-18;/h7-10,17H,5-6,11-16H2,1-4H3,(H2,22,23,24);1H. The molecule has 1 saturated heterocycles. The number of guanidine groups is 1. The van der Waals surface area contributed by atoms with Crippen LogP contribution in [0.25, 0.3) is 0 Å². The van der Waals surface area contributed by atoms with Gasteiger partial charge in [0.05, 0.1) is 7.11 Å². The van der Waals surface area contributed by atoms with Crippen LogP contribution in [0.5, 0.6) is 5.75 Å². The Bertz CT molecular complexity index is 553. The first kappa shape index (κ1) is 24.0. The highest BCUT2D eigenvalue weighted by molar-refractivity contribution is 14.0. The molecule has 1 heterocycles. The zero-order chi connectivity index (χ0) is 18.8. The number of nitrogens with zero attached hydrogens (tertiary/aromatic N) is 1. The molecule has 1 fully saturated rings. The monoisotopic (exact) mass is 489 g/mol. The summed E-state index contributed by atoms with van der Waals surface area (Å²) in [4.78, 5) is 4.41. The molecule has 5 nitrogen and oxygen atoms in total. The predicted molar refractivity (Wildman–Crippen MR) is 124 cm³/mol. The van der Waals surface area contributed by atoms with Crippen LogP contribution in [0.2, 0.25) is 0 Å². The van der Waals surface area contributed by atoms with Crippen molar-refractivity contribution in [1.82, 2.24) is 10.6 Å². The van der Waals surface area contributed by atoms with E-state index in [4.69, 9.17) is 9.47 Å². The van der Waals surface area contributed by atoms with Gasteiger partial charge in [-0.05, 0) is 36.5 Å². The Kier molecular flexibility index (Phi) is 11.1. The van der Waals surface area contributed by atoms with Gasteiger partial charge in [-0.2, -0.15) is 0 Å². The van der Waals surface area contributed by atoms with E-state index >= 15 is 0 Å². The van der Waals surface area contributed by atoms with Gasteiger partial charge in [0.1, 0.15) is 5.75 Å². The third kappa shape index (κ3) is 6.82. The smallest absolute Gasteiger partial charge is 0.191 e. The zero-order valence-electron chi connectivity index (χ0n) is 17.2. The van der Waals surface area contributed by atoms with Gasteiger partial charge in [0.2, 0.25) is 0 Å². The Balaban J connectivity index is 0.00000364. The molecule has 6 heteroatoms. The first-order valence-corrected chi connectivity index (χ1v) is 9.84. The molecule has 154 valence electrons. The molecule has 0 amide bonds. The van der Waals surface area contributed by atoms with E-state index < -0.39 is 0 Å². The molecule has 0 spiro atoms. The van der Waals surface area contributed by atoms with Gasteiger partial charge in [-0.15, -0.1) is 24.0 Å². The predicted octanol–water partition coefficient (Wildman–Crippen LogP) is 3.96. The first-order chi connectivity index (χ1) is 12.7. The van der Waals surface area contributed by atoms with Crippen LogP contribution in [-0.2, 0) is 10.2 Å². The minimum Gasteiger partial charge on any atom is -0.497 e. The average Bonchev–Trinajstić information content (AvgIpc) is 2.71. The van der Waals surface area contributed by atoms with Gasteiger partial charge in [0.25, 0.3) is 0 Å². The summed E-state index contributed by atoms with van der Waals surface area (Å²) in [5.41, 5.74) is 1.40. The molecule has 0 bridgehead atoms. The summed E-state index contributed by atoms with van der Waals surface area (Å²) in [7, 11) is 3.54. The second-order valence-electron chi connectivity index (χ2n) is 7.11. The summed E-state index contributed by atoms with van der Waals surface area (Å²) < 4.78 is 10.9. The van der Waals surface area contributed by atoms with E-state index in [9.17, 15) is 0 Å². The first-order valence-electron chi connectivity index (χ1n) is 9.84. The highest BCUT2D eigenvalue weighted by Crippen LogP contribution is 2.35. The van der Waals surface area contributed by atoms with Gasteiger partial charge in [0.15, 0.2) is 5.96 Å². The Morgan fingerprint density at radius 3 is 2.30 bits per heavy atom. The molecule has 0 saturated carbocycles. The van der Waals surface area contributed by atoms with Gasteiger partial charge in [-0.25, -0.2) is 0 Å². The minimum atomic E-state index is 0. The van der Waals surface area contributed by atoms with Crippen molar-refractivity contribution in [3.8, 4) is 5.75 Å². The van der Waals surface area contributed by atoms with Gasteiger partial charge < -0.3 is 20.1 Å². The maximum Gasteiger partial charge on any atom is 0.191 e. The summed E-state index contributed by atoms with van der Waals surface area (Å²) in [6.45, 7) is 7.90. The van der Waals surface area contributed by atoms with Crippen molar-refractivity contribution in [2.24, 2.45) is 10.9 Å². The maximum absolute atomic E-state index is 5.63. The Morgan fingerprint density at radius 1 is 1.15 bits per heavy atom. The highest BCUT2D eigenvalue weighted by Gasteiger charge is 2.34. The lowest BCUT2D eigenvalue weighted by Crippen LogP contribution is -2.48. The summed E-state index contributed by atoms with van der Waals surface area (Å²) in [6.07, 6.45) is 4.40. The number of rotatable bonds is 8. The molecule has 27 heavy (non-hydrogen) atoms. The van der Waals surface area contributed by atoms with E-state index in [-0.39, 0.29) is 29.4 Å². The summed E-state index contributed by atoms with van der Waals surface area (Å²) in [5, 5.41) is 7.05. The number of ether oxygens (including phenoxy) is 2. The van der Waals surface area contributed by atoms with Crippen molar-refractivity contribution in [2.75, 3.05) is 40.5 Å². The zero-order valence-corrected chi connectivity index (χ0v) is 19.5. The van der Waals surface area contributed by atoms with Gasteiger partial charge in [-0.3, -0.25) is 4.99 Å². The van der Waals surface area contributed by atoms with E-state index in [1.54, 1.807) is 7.11 Å². The van der Waals surface area contributed by atoms with E-state index in [0.717, 1.165) is 50.9 Å². The van der Waals surface area contributed by atoms with Crippen LogP contribution in [0.3, 0.4) is 0 Å². The second kappa shape index (κ2) is 12.4. The number of nitrogens with one attached hydrogen (secondary N) is 2. The molecule has 0 aliphatic carbocycles. The van der Waals surface area contributed by atoms with Crippen LogP contribution >= 0.6 is 24.0 Å². The number of hydrogen-bond acceptors (Lipinski definition) is 3. The van der Waals surface area contributed by atoms with Gasteiger partial charge in [-0.1, -0.05) is 38.8 Å². The molecule has 0 atom stereocenters. The van der Waals surface area contributed by atoms with Gasteiger partial charge >= 0.3 is 0 Å². The third-order valence-corrected chi connectivity index (χ3v) is 5.68. The largest absolute Gasteiger partial charge is 0.497 e. The summed E-state index contributed by atoms with van der Waals surface area (Å²) in [6, 6.07) is 8.47. The molecule has 2 rings (SSSR count). The number of methoxy groups -OCH3 is 1. The van der Waals surface area contributed by atoms with Crippen molar-refractivity contribution in [2.45, 2.75) is 44.9 Å². The quantitative estimate of drug-likeness (QED) is 0.330. The molecule has 2 N–H and O–H groups in total. The number of benzene rings is 1. The number of halogens is 1. The Morgan fingerprint density at radius 2 is 1.78 bits per heavy atom. The molecule has 1 aliphatic heterocycles. The van der Waals surface area contributed by atoms with E-state index in [1.165, 1.54) is 18.4 Å². The van der Waals surface area contributed by atoms with Crippen LogP contribution < -0.4 is 15.4 Å². The molecule has 1 aromatic rings. The molecule has 0 aromatic heterocycles. The maximum atomic E-state index is 5.63. The van der Waals surface area contributed by atoms with Crippen LogP contribution in [-0.4, -0.2) is 46.4 Å². The summed E-state index contributed by atoms with van der Waals surface area (Å²) >= 11 is 0. The van der Waals surface area contributed by atoms with E-state index in [0.29, 0.717) is 5.92 Å². The lowest BCUT2D eigenvalue weighted by molar-refractivity contribution is 0.0513. The Hall–Kier alpha value is -1.02. The second-order valence-corrected chi connectivity index (χ2v) is 7.11. The lowest BCUT2D eigenvalue weighted by atomic mass is 9.74. The van der Waals surface area contributed by atoms with E-state index in [2.05, 4.69) is 41.6 Å². The molecule has 0 unspecified atom stereocenters. The van der Waals surface area contributed by atoms with Crippen molar-refractivity contribution >= 4 is 29.9 Å². The van der Waals surface area contributed by atoms with Gasteiger partial charge in [0, 0.05) is 38.8 Å². The van der Waals surface area contributed by atoms with Crippen LogP contribution in [0, 0.1) is 5.92 Å². The van der Waals surface area contributed by atoms with Crippen LogP contribution in [0.15, 0.2) is 29.3 Å². The van der Waals surface area contributed by atoms with Crippen LogP contribution in [0.1, 0.15) is 45.1 Å². The minimum absolute atomic E-state index is 0. The average molecular weight is 489 g/mol. The molecular formula is C21H36IN3O2. The highest BCUT2D eigenvalue weighted by atomic mass is 127. The molecule has 1 aromatic carbocycles.